The predicted octanol–water partition coefficient (Wildman–Crippen LogP) is 3.60. The van der Waals surface area contributed by atoms with Gasteiger partial charge in [-0.05, 0) is 31.0 Å². The Bertz CT molecular complexity index is 1800. The smallest absolute Gasteiger partial charge is 0.485 e. The highest BCUT2D eigenvalue weighted by Gasteiger charge is 2.60. The lowest BCUT2D eigenvalue weighted by Gasteiger charge is -2.46. The first-order valence-electron chi connectivity index (χ1n) is 13.7. The fourth-order valence-corrected chi connectivity index (χ4v) is 7.68. The number of hydrogen-bond acceptors (Lipinski definition) is 11. The number of thioether (sulfide) groups is 1. The number of non-ortho nitro benzene ring substituents is 1. The Morgan fingerprint density at radius 3 is 2.41 bits per heavy atom. The van der Waals surface area contributed by atoms with Crippen molar-refractivity contribution in [2.75, 3.05) is 5.75 Å². The number of esters is 1. The van der Waals surface area contributed by atoms with Crippen LogP contribution in [0.2, 0.25) is 0 Å². The summed E-state index contributed by atoms with van der Waals surface area (Å²) in [4.78, 5) is 40.4. The topological polar surface area (TPSA) is 175 Å². The minimum Gasteiger partial charge on any atom is -0.741 e. The summed E-state index contributed by atoms with van der Waals surface area (Å²) in [6.45, 7) is 5.63. The molecule has 1 amide bonds. The van der Waals surface area contributed by atoms with Gasteiger partial charge in [-0.15, -0.1) is 0 Å². The summed E-state index contributed by atoms with van der Waals surface area (Å²) in [5.74, 6) is -0.699. The van der Waals surface area contributed by atoms with Crippen LogP contribution in [0.15, 0.2) is 47.5 Å². The number of imidazole rings is 1. The molecule has 0 aliphatic carbocycles. The van der Waals surface area contributed by atoms with Crippen molar-refractivity contribution in [2.24, 2.45) is 18.9 Å². The van der Waals surface area contributed by atoms with E-state index in [1.165, 1.54) is 29.2 Å². The standard InChI is InChI=1S/C26H29N4O6S2.CHF3O3S/c1-5-10-37-24-25-28(13-27(24)4)11-18(38-25)19-14(2)21-20(15(3)31)23(32)29(21)22(19)26(33)36-12-16-6-8-17(9-7-16)30(34)35;2-1(3,4)8(5,6)7/h6-9,11,13-15,20-21,31H,5,10,12H2,1-4H3;(H,5,6,7)/q+1;/p-1/t14-,15+,20+,21+;/m0./s1. The Hall–Kier alpha value is -3.52. The number of carbonyl (C=O) groups is 2. The molecule has 4 heterocycles. The van der Waals surface area contributed by atoms with Gasteiger partial charge in [0.2, 0.25) is 22.1 Å². The van der Waals surface area contributed by atoms with E-state index in [2.05, 4.69) is 11.5 Å². The first-order valence-corrected chi connectivity index (χ1v) is 16.9. The number of thiazole rings is 1. The third-order valence-corrected chi connectivity index (χ3v) is 10.6. The van der Waals surface area contributed by atoms with Crippen LogP contribution in [0.5, 0.6) is 0 Å². The number of aromatic nitrogens is 2. The van der Waals surface area contributed by atoms with E-state index in [-0.39, 0.29) is 35.9 Å². The molecule has 1 N–H and O–H groups in total. The average molecular weight is 707 g/mol. The quantitative estimate of drug-likeness (QED) is 0.0506. The molecule has 0 unspecified atom stereocenters. The number of rotatable bonds is 9. The lowest BCUT2D eigenvalue weighted by atomic mass is 9.77. The second-order valence-electron chi connectivity index (χ2n) is 10.6. The van der Waals surface area contributed by atoms with Gasteiger partial charge >= 0.3 is 11.5 Å². The van der Waals surface area contributed by atoms with Crippen molar-refractivity contribution in [1.29, 1.82) is 0 Å². The van der Waals surface area contributed by atoms with Gasteiger partial charge in [0.05, 0.1) is 34.9 Å². The number of ether oxygens (including phenoxy) is 1. The number of amides is 1. The van der Waals surface area contributed by atoms with Crippen LogP contribution < -0.4 is 4.57 Å². The van der Waals surface area contributed by atoms with E-state index >= 15 is 0 Å². The summed E-state index contributed by atoms with van der Waals surface area (Å²) in [6.07, 6.45) is 4.20. The number of fused-ring (bicyclic) bond motifs is 2. The molecule has 0 spiro atoms. The summed E-state index contributed by atoms with van der Waals surface area (Å²) in [6, 6.07) is 5.46. The number of aliphatic hydroxyl groups is 1. The third kappa shape index (κ3) is 6.78. The molecule has 2 aliphatic rings. The van der Waals surface area contributed by atoms with E-state index in [1.54, 1.807) is 30.0 Å². The van der Waals surface area contributed by atoms with Gasteiger partial charge in [0.25, 0.3) is 5.69 Å². The van der Waals surface area contributed by atoms with E-state index in [0.29, 0.717) is 5.56 Å². The number of nitro benzene ring substituents is 1. The number of β-lactam (4-membered cyclic amide) rings is 1. The molecule has 3 aromatic rings. The van der Waals surface area contributed by atoms with E-state index < -0.39 is 38.5 Å². The number of carbonyl (C=O) groups excluding carboxylic acids is 2. The maximum atomic E-state index is 13.5. The Kier molecular flexibility index (Phi) is 10.2. The van der Waals surface area contributed by atoms with E-state index in [0.717, 1.165) is 32.5 Å². The fraction of sp³-hybridized carbons (Fsp3) is 0.444. The van der Waals surface area contributed by atoms with Crippen LogP contribution in [0, 0.1) is 22.0 Å². The van der Waals surface area contributed by atoms with Gasteiger partial charge < -0.3 is 19.3 Å². The molecule has 4 atom stereocenters. The number of nitro groups is 1. The maximum absolute atomic E-state index is 13.5. The largest absolute Gasteiger partial charge is 0.741 e. The highest BCUT2D eigenvalue weighted by Crippen LogP contribution is 2.52. The maximum Gasteiger partial charge on any atom is 0.485 e. The number of aliphatic hydroxyl groups excluding tert-OH is 1. The molecule has 19 heteroatoms. The van der Waals surface area contributed by atoms with Crippen LogP contribution >= 0.6 is 23.1 Å². The number of alkyl halides is 3. The molecule has 1 fully saturated rings. The normalized spacial score (nSPS) is 20.2. The molecular formula is C27H29F3N4O9S3. The van der Waals surface area contributed by atoms with Gasteiger partial charge in [-0.25, -0.2) is 17.8 Å². The Morgan fingerprint density at radius 2 is 1.89 bits per heavy atom. The first-order chi connectivity index (χ1) is 21.4. The zero-order chi connectivity index (χ0) is 34.3. The second-order valence-corrected chi connectivity index (χ2v) is 14.1. The molecule has 1 saturated heterocycles. The van der Waals surface area contributed by atoms with Crippen molar-refractivity contribution in [3.63, 3.8) is 0 Å². The summed E-state index contributed by atoms with van der Waals surface area (Å²) in [7, 11) is -4.08. The lowest BCUT2D eigenvalue weighted by molar-refractivity contribution is -0.705. The number of benzene rings is 1. The van der Waals surface area contributed by atoms with Crippen LogP contribution in [-0.2, 0) is 38.1 Å². The van der Waals surface area contributed by atoms with Gasteiger partial charge in [-0.2, -0.15) is 17.6 Å². The Balaban J connectivity index is 0.000000533. The second kappa shape index (κ2) is 13.3. The molecule has 1 aromatic carbocycles. The van der Waals surface area contributed by atoms with E-state index in [4.69, 9.17) is 17.7 Å². The molecule has 2 aliphatic heterocycles. The highest BCUT2D eigenvalue weighted by atomic mass is 32.2. The van der Waals surface area contributed by atoms with E-state index in [1.807, 2.05) is 30.9 Å². The van der Waals surface area contributed by atoms with Gasteiger partial charge in [-0.1, -0.05) is 36.9 Å². The molecule has 250 valence electrons. The SMILES string of the molecule is CCCSc1c2sc(C3=C(C(=O)OCc4ccc([N+](=O)[O-])cc4)N4C(=O)[C@H]([C@@H](C)O)[C@H]4[C@H]3C)cn2c[n+]1C.O=S(=O)([O-])C(F)(F)F. The number of halogens is 3. The zero-order valence-electron chi connectivity index (χ0n) is 24.8. The summed E-state index contributed by atoms with van der Waals surface area (Å²) >= 11 is 3.35. The van der Waals surface area contributed by atoms with Crippen LogP contribution in [0.1, 0.15) is 37.6 Å². The predicted molar refractivity (Wildman–Crippen MR) is 158 cm³/mol. The zero-order valence-corrected chi connectivity index (χ0v) is 27.2. The molecule has 13 nitrogen and oxygen atoms in total. The van der Waals surface area contributed by atoms with Crippen molar-refractivity contribution in [2.45, 2.75) is 56.5 Å². The monoisotopic (exact) mass is 706 g/mol. The Morgan fingerprint density at radius 1 is 1.28 bits per heavy atom. The minimum atomic E-state index is -6.09. The van der Waals surface area contributed by atoms with Gasteiger partial charge in [0.15, 0.2) is 10.1 Å². The van der Waals surface area contributed by atoms with Gasteiger partial charge in [0.1, 0.15) is 18.5 Å². The van der Waals surface area contributed by atoms with Crippen LogP contribution in [0.25, 0.3) is 10.4 Å². The molecule has 46 heavy (non-hydrogen) atoms. The van der Waals surface area contributed by atoms with Crippen molar-refractivity contribution >= 4 is 61.2 Å². The molecule has 0 radical (unpaired) electrons. The van der Waals surface area contributed by atoms with Crippen molar-refractivity contribution in [1.82, 2.24) is 9.30 Å². The van der Waals surface area contributed by atoms with Crippen molar-refractivity contribution < 1.29 is 55.1 Å². The molecule has 5 rings (SSSR count). The third-order valence-electron chi connectivity index (χ3n) is 7.37. The molecule has 0 saturated carbocycles. The molecular weight excluding hydrogens is 678 g/mol. The fourth-order valence-electron chi connectivity index (χ4n) is 5.30. The number of hydrogen-bond donors (Lipinski definition) is 1. The van der Waals surface area contributed by atoms with Crippen LogP contribution in [0.3, 0.4) is 0 Å². The summed E-state index contributed by atoms with van der Waals surface area (Å²) in [5.41, 5.74) is -4.15. The van der Waals surface area contributed by atoms with Crippen molar-refractivity contribution in [3.8, 4) is 0 Å². The van der Waals surface area contributed by atoms with Crippen LogP contribution in [0.4, 0.5) is 18.9 Å². The van der Waals surface area contributed by atoms with Gasteiger partial charge in [0, 0.05) is 29.4 Å². The number of nitrogens with zero attached hydrogens (tertiary/aromatic N) is 4. The highest BCUT2D eigenvalue weighted by molar-refractivity contribution is 7.99. The summed E-state index contributed by atoms with van der Waals surface area (Å²) in [5, 5.41) is 22.4. The first kappa shape index (κ1) is 35.3. The molecule has 2 aromatic heterocycles. The lowest BCUT2D eigenvalue weighted by Crippen LogP contribution is -2.63. The minimum absolute atomic E-state index is 0.0492. The Labute approximate surface area is 269 Å². The van der Waals surface area contributed by atoms with Gasteiger partial charge in [-0.3, -0.25) is 14.9 Å². The number of aryl methyl sites for hydroxylation is 1. The average Bonchev–Trinajstić information content (AvgIpc) is 3.56. The van der Waals surface area contributed by atoms with Crippen molar-refractivity contribution in [3.05, 3.63) is 63.0 Å². The summed E-state index contributed by atoms with van der Waals surface area (Å²) < 4.78 is 68.7. The van der Waals surface area contributed by atoms with E-state index in [9.17, 15) is 38.0 Å². The van der Waals surface area contributed by atoms with Crippen LogP contribution in [-0.4, -0.2) is 67.6 Å². The molecule has 0 bridgehead atoms.